The predicted molar refractivity (Wildman–Crippen MR) is 99.9 cm³/mol. The zero-order valence-corrected chi connectivity index (χ0v) is 16.9. The molecule has 0 aromatic heterocycles. The van der Waals surface area contributed by atoms with E-state index < -0.39 is 17.1 Å². The molecule has 0 aliphatic heterocycles. The van der Waals surface area contributed by atoms with Gasteiger partial charge < -0.3 is 14.6 Å². The molecule has 0 saturated heterocycles. The fourth-order valence-corrected chi connectivity index (χ4v) is 7.59. The lowest BCUT2D eigenvalue weighted by Crippen LogP contribution is -2.62. The van der Waals surface area contributed by atoms with Crippen LogP contribution < -0.4 is 0 Å². The number of fused-ring (bicyclic) bond motifs is 5. The lowest BCUT2D eigenvalue weighted by Gasteiger charge is -2.60. The highest BCUT2D eigenvalue weighted by Crippen LogP contribution is 2.68. The van der Waals surface area contributed by atoms with Gasteiger partial charge in [0, 0.05) is 18.9 Å². The normalized spacial score (nSPS) is 48.9. The van der Waals surface area contributed by atoms with Crippen LogP contribution >= 0.6 is 0 Å². The van der Waals surface area contributed by atoms with Gasteiger partial charge in [-0.2, -0.15) is 0 Å². The molecule has 150 valence electrons. The number of ether oxygens (including phenoxy) is 2. The smallest absolute Gasteiger partial charge is 0.338 e. The van der Waals surface area contributed by atoms with Crippen molar-refractivity contribution < 1.29 is 24.2 Å². The molecule has 1 N–H and O–H groups in total. The topological polar surface area (TPSA) is 72.8 Å². The van der Waals surface area contributed by atoms with Crippen LogP contribution in [0.4, 0.5) is 0 Å². The second-order valence-corrected chi connectivity index (χ2v) is 9.64. The summed E-state index contributed by atoms with van der Waals surface area (Å²) in [6.45, 7) is 4.36. The minimum Gasteiger partial charge on any atom is -0.467 e. The van der Waals surface area contributed by atoms with E-state index in [1.165, 1.54) is 12.7 Å². The maximum absolute atomic E-state index is 12.7. The van der Waals surface area contributed by atoms with Crippen molar-refractivity contribution in [3.63, 3.8) is 0 Å². The van der Waals surface area contributed by atoms with E-state index in [0.29, 0.717) is 31.1 Å². The van der Waals surface area contributed by atoms with Crippen LogP contribution in [0.15, 0.2) is 11.6 Å². The average molecular weight is 376 g/mol. The molecule has 4 aliphatic rings. The first kappa shape index (κ1) is 19.1. The van der Waals surface area contributed by atoms with Crippen LogP contribution in [0.1, 0.15) is 58.8 Å². The summed E-state index contributed by atoms with van der Waals surface area (Å²) in [7, 11) is 3.01. The van der Waals surface area contributed by atoms with Crippen LogP contribution in [0, 0.1) is 28.6 Å². The van der Waals surface area contributed by atoms with Crippen LogP contribution in [0.25, 0.3) is 0 Å². The van der Waals surface area contributed by atoms with Gasteiger partial charge in [-0.3, -0.25) is 4.79 Å². The van der Waals surface area contributed by atoms with Gasteiger partial charge in [-0.1, -0.05) is 19.4 Å². The Labute approximate surface area is 161 Å². The SMILES string of the molecule is COC(=O)C1(OC)CCC2C3CCC4=CC(=O)CCC4(C)C3C(O)CC21C. The summed E-state index contributed by atoms with van der Waals surface area (Å²) in [5.41, 5.74) is -0.289. The summed E-state index contributed by atoms with van der Waals surface area (Å²) in [5, 5.41) is 11.3. The number of carbonyl (C=O) groups excluding carboxylic acids is 2. The van der Waals surface area contributed by atoms with E-state index in [1.807, 2.05) is 6.08 Å². The third-order valence-corrected chi connectivity index (χ3v) is 8.88. The van der Waals surface area contributed by atoms with Crippen molar-refractivity contribution in [2.24, 2.45) is 28.6 Å². The van der Waals surface area contributed by atoms with E-state index in [9.17, 15) is 14.7 Å². The van der Waals surface area contributed by atoms with Gasteiger partial charge in [0.05, 0.1) is 13.2 Å². The Balaban J connectivity index is 1.75. The van der Waals surface area contributed by atoms with E-state index >= 15 is 0 Å². The number of esters is 1. The third-order valence-electron chi connectivity index (χ3n) is 8.88. The van der Waals surface area contributed by atoms with E-state index in [0.717, 1.165) is 25.7 Å². The molecule has 4 aliphatic carbocycles. The number of hydrogen-bond acceptors (Lipinski definition) is 5. The molecule has 0 bridgehead atoms. The second-order valence-electron chi connectivity index (χ2n) is 9.64. The van der Waals surface area contributed by atoms with Crippen molar-refractivity contribution in [2.45, 2.75) is 70.5 Å². The van der Waals surface area contributed by atoms with Gasteiger partial charge in [-0.25, -0.2) is 4.79 Å². The van der Waals surface area contributed by atoms with Crippen LogP contribution in [-0.2, 0) is 19.1 Å². The quantitative estimate of drug-likeness (QED) is 0.750. The molecule has 0 radical (unpaired) electrons. The van der Waals surface area contributed by atoms with Gasteiger partial charge in [0.15, 0.2) is 11.4 Å². The molecule has 7 atom stereocenters. The molecule has 0 aromatic carbocycles. The Hall–Kier alpha value is -1.20. The Morgan fingerprint density at radius 3 is 2.59 bits per heavy atom. The van der Waals surface area contributed by atoms with Crippen molar-refractivity contribution in [3.8, 4) is 0 Å². The standard InChI is InChI=1S/C22H32O5/c1-20-9-7-14(23)11-13(20)5-6-15-16-8-10-22(27-4,19(25)26-3)21(16,2)12-17(24)18(15)20/h11,15-18,24H,5-10,12H2,1-4H3. The Morgan fingerprint density at radius 1 is 1.19 bits per heavy atom. The molecule has 0 amide bonds. The lowest BCUT2D eigenvalue weighted by atomic mass is 9.45. The molecule has 4 rings (SSSR count). The zero-order chi connectivity index (χ0) is 19.6. The molecule has 5 heteroatoms. The fraction of sp³-hybridized carbons (Fsp3) is 0.818. The van der Waals surface area contributed by atoms with E-state index in [-0.39, 0.29) is 23.1 Å². The monoisotopic (exact) mass is 376 g/mol. The molecular weight excluding hydrogens is 344 g/mol. The number of ketones is 1. The number of hydrogen-bond donors (Lipinski definition) is 1. The van der Waals surface area contributed by atoms with Crippen LogP contribution in [0.5, 0.6) is 0 Å². The van der Waals surface area contributed by atoms with Crippen molar-refractivity contribution in [2.75, 3.05) is 14.2 Å². The molecule has 0 aromatic rings. The van der Waals surface area contributed by atoms with Gasteiger partial charge in [-0.15, -0.1) is 0 Å². The first-order chi connectivity index (χ1) is 12.7. The van der Waals surface area contributed by atoms with Crippen molar-refractivity contribution in [1.29, 1.82) is 0 Å². The highest BCUT2D eigenvalue weighted by Gasteiger charge is 2.69. The minimum absolute atomic E-state index is 0.110. The van der Waals surface area contributed by atoms with E-state index in [2.05, 4.69) is 13.8 Å². The molecule has 3 fully saturated rings. The largest absolute Gasteiger partial charge is 0.467 e. The first-order valence-corrected chi connectivity index (χ1v) is 10.3. The number of methoxy groups -OCH3 is 2. The van der Waals surface area contributed by atoms with Crippen LogP contribution in [0.2, 0.25) is 0 Å². The highest BCUT2D eigenvalue weighted by molar-refractivity contribution is 5.91. The zero-order valence-electron chi connectivity index (χ0n) is 16.9. The summed E-state index contributed by atoms with van der Waals surface area (Å²) in [6, 6.07) is 0. The van der Waals surface area contributed by atoms with E-state index in [1.54, 1.807) is 7.11 Å². The van der Waals surface area contributed by atoms with Gasteiger partial charge >= 0.3 is 5.97 Å². The predicted octanol–water partition coefficient (Wildman–Crippen LogP) is 3.05. The van der Waals surface area contributed by atoms with Crippen molar-refractivity contribution >= 4 is 11.8 Å². The Kier molecular flexibility index (Phi) is 4.36. The third kappa shape index (κ3) is 2.30. The molecule has 0 spiro atoms. The molecule has 5 nitrogen and oxygen atoms in total. The maximum Gasteiger partial charge on any atom is 0.338 e. The van der Waals surface area contributed by atoms with Gasteiger partial charge in [-0.05, 0) is 67.8 Å². The molecular formula is C22H32O5. The average Bonchev–Trinajstić information content (AvgIpc) is 2.94. The van der Waals surface area contributed by atoms with E-state index in [4.69, 9.17) is 9.47 Å². The Bertz CT molecular complexity index is 699. The lowest BCUT2D eigenvalue weighted by molar-refractivity contribution is -0.204. The summed E-state index contributed by atoms with van der Waals surface area (Å²) in [4.78, 5) is 24.7. The summed E-state index contributed by atoms with van der Waals surface area (Å²) in [5.74, 6) is 0.721. The highest BCUT2D eigenvalue weighted by atomic mass is 16.6. The molecule has 7 unspecified atom stereocenters. The van der Waals surface area contributed by atoms with Gasteiger partial charge in [0.1, 0.15) is 0 Å². The molecule has 3 saturated carbocycles. The van der Waals surface area contributed by atoms with Gasteiger partial charge in [0.25, 0.3) is 0 Å². The van der Waals surface area contributed by atoms with Crippen LogP contribution in [0.3, 0.4) is 0 Å². The van der Waals surface area contributed by atoms with Crippen molar-refractivity contribution in [1.82, 2.24) is 0 Å². The maximum atomic E-state index is 12.7. The summed E-state index contributed by atoms with van der Waals surface area (Å²) < 4.78 is 11.0. The first-order valence-electron chi connectivity index (χ1n) is 10.3. The summed E-state index contributed by atoms with van der Waals surface area (Å²) in [6.07, 6.45) is 6.73. The van der Waals surface area contributed by atoms with Crippen molar-refractivity contribution in [3.05, 3.63) is 11.6 Å². The minimum atomic E-state index is -0.974. The number of carbonyl (C=O) groups is 2. The number of rotatable bonds is 2. The Morgan fingerprint density at radius 2 is 1.93 bits per heavy atom. The fourth-order valence-electron chi connectivity index (χ4n) is 7.59. The molecule has 27 heavy (non-hydrogen) atoms. The number of aliphatic hydroxyl groups is 1. The number of aliphatic hydroxyl groups excluding tert-OH is 1. The van der Waals surface area contributed by atoms with Crippen LogP contribution in [-0.4, -0.2) is 42.8 Å². The summed E-state index contributed by atoms with van der Waals surface area (Å²) >= 11 is 0. The second kappa shape index (κ2) is 6.15. The number of allylic oxidation sites excluding steroid dienone is 1. The van der Waals surface area contributed by atoms with Gasteiger partial charge in [0.2, 0.25) is 0 Å². The molecule has 0 heterocycles.